The Morgan fingerprint density at radius 1 is 0.259 bits per heavy atom. The smallest absolute Gasteiger partial charge is 0.310 e. The van der Waals surface area contributed by atoms with Crippen LogP contribution in [0, 0.1) is 0 Å². The third-order valence-electron chi connectivity index (χ3n) is 12.9. The van der Waals surface area contributed by atoms with Gasteiger partial charge in [0.05, 0.1) is 6.42 Å². The summed E-state index contributed by atoms with van der Waals surface area (Å²) in [6.45, 7) is 6.17. The Balaban J connectivity index is 4.28. The Labute approximate surface area is 497 Å². The van der Waals surface area contributed by atoms with Crippen molar-refractivity contribution in [1.82, 2.24) is 0 Å². The molecule has 6 heteroatoms. The van der Waals surface area contributed by atoms with Gasteiger partial charge in [0, 0.05) is 12.8 Å². The Bertz CT molecular complexity index is 1900. The highest BCUT2D eigenvalue weighted by atomic mass is 16.6. The predicted molar refractivity (Wildman–Crippen MR) is 352 cm³/mol. The fourth-order valence-corrected chi connectivity index (χ4v) is 8.22. The minimum absolute atomic E-state index is 0.0826. The average molecular weight is 1110 g/mol. The van der Waals surface area contributed by atoms with E-state index in [9.17, 15) is 14.4 Å². The van der Waals surface area contributed by atoms with Crippen LogP contribution in [0.2, 0.25) is 0 Å². The zero-order chi connectivity index (χ0) is 58.5. The average Bonchev–Trinajstić information content (AvgIpc) is 3.46. The van der Waals surface area contributed by atoms with Crippen LogP contribution in [-0.4, -0.2) is 37.2 Å². The van der Waals surface area contributed by atoms with Crippen molar-refractivity contribution in [2.75, 3.05) is 13.2 Å². The van der Waals surface area contributed by atoms with E-state index in [1.807, 2.05) is 6.08 Å². The van der Waals surface area contributed by atoms with Crippen molar-refractivity contribution in [3.63, 3.8) is 0 Å². The lowest BCUT2D eigenvalue weighted by atomic mass is 10.0. The maximum absolute atomic E-state index is 12.8. The maximum Gasteiger partial charge on any atom is 0.310 e. The number of rotatable bonds is 56. The molecule has 81 heavy (non-hydrogen) atoms. The van der Waals surface area contributed by atoms with E-state index >= 15 is 0 Å². The molecule has 0 N–H and O–H groups in total. The SMILES string of the molecule is CC/C=C\C/C=C\C/C=C\C/C=C\C/C=C\C/C=C\C/C=C\CCCCCCCCCCCCCCCC(=O)OCC(COC(=O)CCCCC/C=C\C/C=C\C/C=C\CC)OC(=O)C/C=C\C/C=C\C/C=C\C/C=C\C/C=C\CC. The van der Waals surface area contributed by atoms with Gasteiger partial charge in [0.2, 0.25) is 0 Å². The lowest BCUT2D eigenvalue weighted by Crippen LogP contribution is -2.30. The van der Waals surface area contributed by atoms with Gasteiger partial charge in [-0.25, -0.2) is 0 Å². The molecule has 452 valence electrons. The molecule has 6 nitrogen and oxygen atoms in total. The van der Waals surface area contributed by atoms with Gasteiger partial charge < -0.3 is 14.2 Å². The normalized spacial score (nSPS) is 13.4. The first kappa shape index (κ1) is 75.5. The summed E-state index contributed by atoms with van der Waals surface area (Å²) >= 11 is 0. The van der Waals surface area contributed by atoms with Crippen molar-refractivity contribution in [3.8, 4) is 0 Å². The second kappa shape index (κ2) is 67.0. The Morgan fingerprint density at radius 2 is 0.481 bits per heavy atom. The number of unbranched alkanes of at least 4 members (excludes halogenated alkanes) is 16. The molecular formula is C75H116O6. The van der Waals surface area contributed by atoms with Crippen LogP contribution in [0.4, 0.5) is 0 Å². The van der Waals surface area contributed by atoms with E-state index in [-0.39, 0.29) is 31.6 Å². The minimum Gasteiger partial charge on any atom is -0.462 e. The minimum atomic E-state index is -0.854. The van der Waals surface area contributed by atoms with Crippen molar-refractivity contribution in [3.05, 3.63) is 182 Å². The molecule has 0 rings (SSSR count). The van der Waals surface area contributed by atoms with Crippen LogP contribution in [0.1, 0.15) is 252 Å². The van der Waals surface area contributed by atoms with Crippen LogP contribution in [0.25, 0.3) is 0 Å². The van der Waals surface area contributed by atoms with E-state index in [4.69, 9.17) is 14.2 Å². The third kappa shape index (κ3) is 65.2. The van der Waals surface area contributed by atoms with Gasteiger partial charge in [-0.05, 0) is 135 Å². The van der Waals surface area contributed by atoms with Gasteiger partial charge in [-0.3, -0.25) is 14.4 Å². The summed E-state index contributed by atoms with van der Waals surface area (Å²) in [6, 6.07) is 0. The number of ether oxygens (including phenoxy) is 3. The van der Waals surface area contributed by atoms with Crippen LogP contribution in [0.15, 0.2) is 182 Å². The summed E-state index contributed by atoms with van der Waals surface area (Å²) in [4.78, 5) is 38.1. The predicted octanol–water partition coefficient (Wildman–Crippen LogP) is 22.4. The third-order valence-corrected chi connectivity index (χ3v) is 12.9. The molecule has 0 spiro atoms. The van der Waals surface area contributed by atoms with Crippen molar-refractivity contribution in [1.29, 1.82) is 0 Å². The van der Waals surface area contributed by atoms with Crippen molar-refractivity contribution in [2.24, 2.45) is 0 Å². The molecule has 1 unspecified atom stereocenters. The van der Waals surface area contributed by atoms with Gasteiger partial charge in [0.15, 0.2) is 6.10 Å². The summed E-state index contributed by atoms with van der Waals surface area (Å²) in [6.07, 6.45) is 101. The maximum atomic E-state index is 12.8. The molecule has 0 aromatic carbocycles. The van der Waals surface area contributed by atoms with Crippen molar-refractivity contribution < 1.29 is 28.6 Å². The molecule has 0 aliphatic carbocycles. The molecule has 0 aromatic rings. The summed E-state index contributed by atoms with van der Waals surface area (Å²) in [7, 11) is 0. The molecule has 0 aromatic heterocycles. The fourth-order valence-electron chi connectivity index (χ4n) is 8.22. The van der Waals surface area contributed by atoms with Crippen LogP contribution >= 0.6 is 0 Å². The standard InChI is InChI=1S/C75H116O6/c1-4-7-10-13-16-19-22-25-27-28-29-30-31-32-33-34-35-36-37-38-39-40-41-42-43-44-45-46-48-50-53-56-59-62-65-68-74(77)80-71-72(70-79-73(76)67-64-61-58-55-52-49-24-21-18-15-12-9-6-3)81-75(78)69-66-63-60-57-54-51-47-26-23-20-17-14-11-8-5-2/h7-12,16-21,25-27,29-30,32-33,35-36,38-39,47,49,52,54,57,63,66,72H,4-6,13-15,22-24,28,31,34,37,40-46,48,50-51,53,55-56,58-62,64-65,67-71H2,1-3H3/b10-7-,11-8-,12-9-,19-16-,20-17-,21-18-,27-25-,30-29-,33-32-,36-35-,39-38-,47-26-,52-49-,57-54-,66-63-. The lowest BCUT2D eigenvalue weighted by molar-refractivity contribution is -0.166. The summed E-state index contributed by atoms with van der Waals surface area (Å²) < 4.78 is 16.7. The van der Waals surface area contributed by atoms with E-state index < -0.39 is 12.1 Å². The number of hydrogen-bond donors (Lipinski definition) is 0. The first-order chi connectivity index (χ1) is 40.0. The van der Waals surface area contributed by atoms with Gasteiger partial charge in [-0.2, -0.15) is 0 Å². The first-order valence-corrected chi connectivity index (χ1v) is 32.3. The molecular weight excluding hydrogens is 997 g/mol. The number of esters is 3. The summed E-state index contributed by atoms with van der Waals surface area (Å²) in [5.74, 6) is -1.10. The quantitative estimate of drug-likeness (QED) is 0.0261. The van der Waals surface area contributed by atoms with E-state index in [1.165, 1.54) is 70.6 Å². The van der Waals surface area contributed by atoms with E-state index in [0.717, 1.165) is 135 Å². The highest BCUT2D eigenvalue weighted by molar-refractivity contribution is 5.72. The number of carbonyl (C=O) groups is 3. The highest BCUT2D eigenvalue weighted by Crippen LogP contribution is 2.15. The van der Waals surface area contributed by atoms with Crippen molar-refractivity contribution in [2.45, 2.75) is 258 Å². The number of carbonyl (C=O) groups excluding carboxylic acids is 3. The second-order valence-corrected chi connectivity index (χ2v) is 20.5. The fraction of sp³-hybridized carbons (Fsp3) is 0.560. The molecule has 0 aliphatic rings. The second-order valence-electron chi connectivity index (χ2n) is 20.5. The van der Waals surface area contributed by atoms with Crippen LogP contribution < -0.4 is 0 Å². The topological polar surface area (TPSA) is 78.9 Å². The molecule has 0 radical (unpaired) electrons. The zero-order valence-electron chi connectivity index (χ0n) is 51.7. The molecule has 0 saturated carbocycles. The number of hydrogen-bond acceptors (Lipinski definition) is 6. The van der Waals surface area contributed by atoms with Gasteiger partial charge >= 0.3 is 17.9 Å². The largest absolute Gasteiger partial charge is 0.462 e. The van der Waals surface area contributed by atoms with Gasteiger partial charge in [-0.15, -0.1) is 0 Å². The summed E-state index contributed by atoms with van der Waals surface area (Å²) in [5.41, 5.74) is 0. The molecule has 0 heterocycles. The van der Waals surface area contributed by atoms with Crippen LogP contribution in [-0.2, 0) is 28.6 Å². The van der Waals surface area contributed by atoms with E-state index in [1.54, 1.807) is 6.08 Å². The molecule has 0 bridgehead atoms. The van der Waals surface area contributed by atoms with Crippen molar-refractivity contribution >= 4 is 17.9 Å². The zero-order valence-corrected chi connectivity index (χ0v) is 51.7. The monoisotopic (exact) mass is 1110 g/mol. The van der Waals surface area contributed by atoms with E-state index in [2.05, 4.69) is 191 Å². The molecule has 1 atom stereocenters. The van der Waals surface area contributed by atoms with Gasteiger partial charge in [0.1, 0.15) is 13.2 Å². The Hall–Kier alpha value is -5.49. The molecule has 0 aliphatic heterocycles. The molecule has 0 saturated heterocycles. The highest BCUT2D eigenvalue weighted by Gasteiger charge is 2.19. The lowest BCUT2D eigenvalue weighted by Gasteiger charge is -2.18. The van der Waals surface area contributed by atoms with Gasteiger partial charge in [0.25, 0.3) is 0 Å². The van der Waals surface area contributed by atoms with E-state index in [0.29, 0.717) is 19.3 Å². The Morgan fingerprint density at radius 3 is 0.765 bits per heavy atom. The molecule has 0 amide bonds. The van der Waals surface area contributed by atoms with Gasteiger partial charge in [-0.1, -0.05) is 280 Å². The molecule has 0 fully saturated rings. The van der Waals surface area contributed by atoms with Crippen LogP contribution in [0.3, 0.4) is 0 Å². The van der Waals surface area contributed by atoms with Crippen LogP contribution in [0.5, 0.6) is 0 Å². The number of allylic oxidation sites excluding steroid dienone is 29. The first-order valence-electron chi connectivity index (χ1n) is 32.3. The summed E-state index contributed by atoms with van der Waals surface area (Å²) in [5, 5.41) is 0. The Kier molecular flexibility index (Phi) is 62.5.